The topological polar surface area (TPSA) is 0 Å². The zero-order valence-electron chi connectivity index (χ0n) is 6.50. The minimum Gasteiger partial charge on any atom is -0.148 e. The highest BCUT2D eigenvalue weighted by Crippen LogP contribution is 2.25. The van der Waals surface area contributed by atoms with Crippen LogP contribution in [-0.2, 0) is 6.42 Å². The Labute approximate surface area is 70.5 Å². The molecule has 11 heavy (non-hydrogen) atoms. The Morgan fingerprint density at radius 3 is 2.91 bits per heavy atom. The lowest BCUT2D eigenvalue weighted by atomic mass is 10.2. The maximum Gasteiger partial charge on any atom is 0.0121 e. The normalized spacial score (nSPS) is 10.6. The van der Waals surface area contributed by atoms with Crippen molar-refractivity contribution in [2.75, 3.05) is 0 Å². The third-order valence-corrected chi connectivity index (χ3v) is 3.08. The fourth-order valence-corrected chi connectivity index (χ4v) is 2.28. The predicted octanol–water partition coefficient (Wildman–Crippen LogP) is 3.46. The molecular formula is C10H10S. The van der Waals surface area contributed by atoms with Crippen molar-refractivity contribution in [3.8, 4) is 0 Å². The summed E-state index contributed by atoms with van der Waals surface area (Å²) in [5.41, 5.74) is 0. The summed E-state index contributed by atoms with van der Waals surface area (Å²) in [5, 5.41) is 5.04. The van der Waals surface area contributed by atoms with Crippen molar-refractivity contribution in [2.24, 2.45) is 0 Å². The van der Waals surface area contributed by atoms with Crippen molar-refractivity contribution in [3.63, 3.8) is 0 Å². The van der Waals surface area contributed by atoms with E-state index in [-0.39, 0.29) is 0 Å². The minimum atomic E-state index is 1.15. The number of fused-ring (bicyclic) bond motifs is 1. The summed E-state index contributed by atoms with van der Waals surface area (Å²) in [6.07, 6.45) is 1.15. The molecule has 0 radical (unpaired) electrons. The van der Waals surface area contributed by atoms with E-state index < -0.39 is 0 Å². The monoisotopic (exact) mass is 162 g/mol. The Hall–Kier alpha value is -0.820. The van der Waals surface area contributed by atoms with Crippen LogP contribution in [0.1, 0.15) is 11.8 Å². The first-order valence-electron chi connectivity index (χ1n) is 3.87. The van der Waals surface area contributed by atoms with Gasteiger partial charge in [-0.2, -0.15) is 0 Å². The molecule has 0 unspecified atom stereocenters. The van der Waals surface area contributed by atoms with Gasteiger partial charge in [0, 0.05) is 4.88 Å². The molecule has 2 rings (SSSR count). The molecule has 56 valence electrons. The van der Waals surface area contributed by atoms with Crippen molar-refractivity contribution < 1.29 is 0 Å². The van der Waals surface area contributed by atoms with E-state index in [1.54, 1.807) is 0 Å². The molecule has 0 saturated heterocycles. The van der Waals surface area contributed by atoms with E-state index in [0.717, 1.165) is 6.42 Å². The lowest BCUT2D eigenvalue weighted by Gasteiger charge is -1.90. The molecule has 0 atom stereocenters. The van der Waals surface area contributed by atoms with E-state index in [9.17, 15) is 0 Å². The van der Waals surface area contributed by atoms with Gasteiger partial charge in [-0.1, -0.05) is 31.2 Å². The summed E-state index contributed by atoms with van der Waals surface area (Å²) in [7, 11) is 0. The molecule has 0 aliphatic carbocycles. The first-order chi connectivity index (χ1) is 5.42. The van der Waals surface area contributed by atoms with Gasteiger partial charge in [-0.3, -0.25) is 0 Å². The van der Waals surface area contributed by atoms with Crippen LogP contribution < -0.4 is 0 Å². The number of hydrogen-bond donors (Lipinski definition) is 0. The van der Waals surface area contributed by atoms with E-state index in [4.69, 9.17) is 0 Å². The maximum absolute atomic E-state index is 2.23. The van der Waals surface area contributed by atoms with Crippen molar-refractivity contribution in [2.45, 2.75) is 13.3 Å². The van der Waals surface area contributed by atoms with Gasteiger partial charge < -0.3 is 0 Å². The summed E-state index contributed by atoms with van der Waals surface area (Å²) in [6.45, 7) is 2.21. The Morgan fingerprint density at radius 1 is 1.27 bits per heavy atom. The minimum absolute atomic E-state index is 1.15. The second kappa shape index (κ2) is 2.67. The summed E-state index contributed by atoms with van der Waals surface area (Å²) < 4.78 is 0. The third kappa shape index (κ3) is 1.05. The maximum atomic E-state index is 2.23. The van der Waals surface area contributed by atoms with Gasteiger partial charge in [0.05, 0.1) is 0 Å². The molecular weight excluding hydrogens is 152 g/mol. The fraction of sp³-hybridized carbons (Fsp3) is 0.200. The van der Waals surface area contributed by atoms with Crippen molar-refractivity contribution in [1.82, 2.24) is 0 Å². The van der Waals surface area contributed by atoms with E-state index in [1.807, 2.05) is 11.3 Å². The second-order valence-electron chi connectivity index (χ2n) is 2.60. The van der Waals surface area contributed by atoms with E-state index >= 15 is 0 Å². The van der Waals surface area contributed by atoms with Crippen LogP contribution in [0.3, 0.4) is 0 Å². The lowest BCUT2D eigenvalue weighted by Crippen LogP contribution is -1.71. The molecule has 0 aliphatic rings. The van der Waals surface area contributed by atoms with Crippen molar-refractivity contribution in [3.05, 3.63) is 34.5 Å². The molecule has 0 amide bonds. The van der Waals surface area contributed by atoms with Crippen LogP contribution in [0.15, 0.2) is 29.6 Å². The number of benzene rings is 1. The Morgan fingerprint density at radius 2 is 2.09 bits per heavy atom. The number of aryl methyl sites for hydroxylation is 1. The molecule has 0 nitrogen and oxygen atoms in total. The molecule has 2 aromatic rings. The largest absolute Gasteiger partial charge is 0.148 e. The van der Waals surface area contributed by atoms with Crippen LogP contribution in [0.4, 0.5) is 0 Å². The SMILES string of the molecule is CCc1scc2ccccc12. The van der Waals surface area contributed by atoms with Crippen LogP contribution in [0.25, 0.3) is 10.8 Å². The van der Waals surface area contributed by atoms with Gasteiger partial charge in [0.2, 0.25) is 0 Å². The quantitative estimate of drug-likeness (QED) is 0.602. The Balaban J connectivity index is 2.76. The van der Waals surface area contributed by atoms with Gasteiger partial charge in [0.15, 0.2) is 0 Å². The summed E-state index contributed by atoms with van der Waals surface area (Å²) in [5.74, 6) is 0. The average molecular weight is 162 g/mol. The van der Waals surface area contributed by atoms with E-state index in [0.29, 0.717) is 0 Å². The van der Waals surface area contributed by atoms with E-state index in [2.05, 4.69) is 36.6 Å². The van der Waals surface area contributed by atoms with Crippen LogP contribution in [0.2, 0.25) is 0 Å². The average Bonchev–Trinajstić information content (AvgIpc) is 2.47. The molecule has 0 N–H and O–H groups in total. The number of hydrogen-bond acceptors (Lipinski definition) is 1. The van der Waals surface area contributed by atoms with Crippen LogP contribution in [0.5, 0.6) is 0 Å². The van der Waals surface area contributed by atoms with Gasteiger partial charge in [0.1, 0.15) is 0 Å². The lowest BCUT2D eigenvalue weighted by molar-refractivity contribution is 1.20. The third-order valence-electron chi connectivity index (χ3n) is 1.91. The van der Waals surface area contributed by atoms with Gasteiger partial charge in [0.25, 0.3) is 0 Å². The van der Waals surface area contributed by atoms with Crippen LogP contribution >= 0.6 is 11.3 Å². The van der Waals surface area contributed by atoms with Crippen molar-refractivity contribution >= 4 is 22.1 Å². The highest BCUT2D eigenvalue weighted by molar-refractivity contribution is 7.11. The molecule has 1 aromatic carbocycles. The molecule has 0 spiro atoms. The van der Waals surface area contributed by atoms with Crippen LogP contribution in [-0.4, -0.2) is 0 Å². The molecule has 0 saturated carbocycles. The first kappa shape index (κ1) is 6.86. The Bertz CT molecular complexity index is 360. The fourth-order valence-electron chi connectivity index (χ4n) is 1.33. The van der Waals surface area contributed by atoms with Crippen LogP contribution in [0, 0.1) is 0 Å². The van der Waals surface area contributed by atoms with Gasteiger partial charge in [-0.05, 0) is 22.6 Å². The molecule has 1 aromatic heterocycles. The molecule has 0 aliphatic heterocycles. The number of rotatable bonds is 1. The molecule has 1 heteroatoms. The molecule has 1 heterocycles. The van der Waals surface area contributed by atoms with Gasteiger partial charge in [-0.25, -0.2) is 0 Å². The molecule has 0 fully saturated rings. The second-order valence-corrected chi connectivity index (χ2v) is 3.56. The van der Waals surface area contributed by atoms with Crippen molar-refractivity contribution in [1.29, 1.82) is 0 Å². The van der Waals surface area contributed by atoms with E-state index in [1.165, 1.54) is 15.6 Å². The summed E-state index contributed by atoms with van der Waals surface area (Å²) in [4.78, 5) is 1.50. The Kier molecular flexibility index (Phi) is 1.66. The molecule has 0 bridgehead atoms. The highest BCUT2D eigenvalue weighted by atomic mass is 32.1. The number of thiophene rings is 1. The standard InChI is InChI=1S/C10H10S/c1-2-10-9-6-4-3-5-8(9)7-11-10/h3-7H,2H2,1H3. The smallest absolute Gasteiger partial charge is 0.0121 e. The van der Waals surface area contributed by atoms with Gasteiger partial charge in [-0.15, -0.1) is 11.3 Å². The zero-order valence-corrected chi connectivity index (χ0v) is 7.32. The highest BCUT2D eigenvalue weighted by Gasteiger charge is 1.98. The zero-order chi connectivity index (χ0) is 7.68. The first-order valence-corrected chi connectivity index (χ1v) is 4.75. The van der Waals surface area contributed by atoms with Gasteiger partial charge >= 0.3 is 0 Å². The summed E-state index contributed by atoms with van der Waals surface area (Å²) in [6, 6.07) is 8.57. The summed E-state index contributed by atoms with van der Waals surface area (Å²) >= 11 is 1.86. The predicted molar refractivity (Wildman–Crippen MR) is 51.2 cm³/mol.